The molecule has 0 aliphatic rings. The number of benzene rings is 1. The fourth-order valence-electron chi connectivity index (χ4n) is 1.63. The van der Waals surface area contributed by atoms with Gasteiger partial charge in [-0.2, -0.15) is 0 Å². The van der Waals surface area contributed by atoms with Crippen molar-refractivity contribution in [3.63, 3.8) is 0 Å². The van der Waals surface area contributed by atoms with Gasteiger partial charge in [0.05, 0.1) is 6.61 Å². The summed E-state index contributed by atoms with van der Waals surface area (Å²) in [6.07, 6.45) is 0.838. The van der Waals surface area contributed by atoms with Gasteiger partial charge in [-0.1, -0.05) is 18.6 Å². The lowest BCUT2D eigenvalue weighted by molar-refractivity contribution is 0.0499. The minimum Gasteiger partial charge on any atom is -0.461 e. The van der Waals surface area contributed by atoms with Crippen LogP contribution < -0.4 is 0 Å². The van der Waals surface area contributed by atoms with E-state index in [1.54, 1.807) is 0 Å². The summed E-state index contributed by atoms with van der Waals surface area (Å²) in [5.74, 6) is -0.282. The number of aromatic amines is 1. The van der Waals surface area contributed by atoms with Gasteiger partial charge in [0, 0.05) is 10.9 Å². The Morgan fingerprint density at radius 1 is 1.38 bits per heavy atom. The van der Waals surface area contributed by atoms with Crippen LogP contribution in [0.25, 0.3) is 10.9 Å². The van der Waals surface area contributed by atoms with E-state index in [1.807, 2.05) is 38.1 Å². The van der Waals surface area contributed by atoms with Crippen molar-refractivity contribution in [3.05, 3.63) is 35.5 Å². The fraction of sp³-hybridized carbons (Fsp3) is 0.308. The zero-order chi connectivity index (χ0) is 11.5. The molecule has 0 radical (unpaired) electrons. The molecule has 16 heavy (non-hydrogen) atoms. The zero-order valence-electron chi connectivity index (χ0n) is 9.54. The molecule has 0 bridgehead atoms. The van der Waals surface area contributed by atoms with E-state index in [4.69, 9.17) is 4.74 Å². The number of hydrogen-bond donors (Lipinski definition) is 1. The van der Waals surface area contributed by atoms with Gasteiger partial charge in [0.25, 0.3) is 0 Å². The normalized spacial score (nSPS) is 10.6. The molecule has 2 aromatic rings. The molecule has 0 aliphatic heterocycles. The first-order chi connectivity index (χ1) is 7.70. The molecule has 0 saturated carbocycles. The number of esters is 1. The maximum atomic E-state index is 11.6. The Morgan fingerprint density at radius 2 is 2.19 bits per heavy atom. The van der Waals surface area contributed by atoms with Gasteiger partial charge in [-0.15, -0.1) is 0 Å². The van der Waals surface area contributed by atoms with Crippen LogP contribution in [0.2, 0.25) is 0 Å². The molecule has 1 aromatic heterocycles. The van der Waals surface area contributed by atoms with E-state index in [1.165, 1.54) is 5.56 Å². The van der Waals surface area contributed by atoms with Gasteiger partial charge in [0.15, 0.2) is 0 Å². The molecule has 1 heterocycles. The Morgan fingerprint density at radius 3 is 2.94 bits per heavy atom. The van der Waals surface area contributed by atoms with Crippen molar-refractivity contribution < 1.29 is 9.53 Å². The van der Waals surface area contributed by atoms with E-state index < -0.39 is 0 Å². The second-order valence-corrected chi connectivity index (χ2v) is 3.91. The number of carbonyl (C=O) groups excluding carboxylic acids is 1. The Balaban J connectivity index is 2.28. The molecule has 1 N–H and O–H groups in total. The first kappa shape index (κ1) is 10.7. The highest BCUT2D eigenvalue weighted by atomic mass is 16.5. The first-order valence-electron chi connectivity index (χ1n) is 5.47. The predicted molar refractivity (Wildman–Crippen MR) is 63.6 cm³/mol. The van der Waals surface area contributed by atoms with E-state index in [0.29, 0.717) is 12.3 Å². The minimum absolute atomic E-state index is 0.282. The summed E-state index contributed by atoms with van der Waals surface area (Å²) >= 11 is 0. The number of H-pyrrole nitrogens is 1. The van der Waals surface area contributed by atoms with Crippen LogP contribution in [-0.4, -0.2) is 17.6 Å². The number of fused-ring (bicyclic) bond motifs is 1. The maximum absolute atomic E-state index is 11.6. The van der Waals surface area contributed by atoms with E-state index in [-0.39, 0.29) is 5.97 Å². The lowest BCUT2D eigenvalue weighted by atomic mass is 10.2. The Hall–Kier alpha value is -1.77. The molecule has 1 aromatic carbocycles. The fourth-order valence-corrected chi connectivity index (χ4v) is 1.63. The molecule has 3 heteroatoms. The highest BCUT2D eigenvalue weighted by molar-refractivity contribution is 5.94. The number of rotatable bonds is 3. The lowest BCUT2D eigenvalue weighted by Gasteiger charge is -1.99. The first-order valence-corrected chi connectivity index (χ1v) is 5.47. The lowest BCUT2D eigenvalue weighted by Crippen LogP contribution is -2.05. The third kappa shape index (κ3) is 2.08. The van der Waals surface area contributed by atoms with Gasteiger partial charge in [-0.25, -0.2) is 4.79 Å². The highest BCUT2D eigenvalue weighted by Crippen LogP contribution is 2.17. The molecule has 0 saturated heterocycles. The SMILES string of the molecule is CCCOC(=O)c1cc2cc(C)ccc2[nH]1. The second kappa shape index (κ2) is 4.39. The summed E-state index contributed by atoms with van der Waals surface area (Å²) in [5, 5.41) is 1.04. The zero-order valence-corrected chi connectivity index (χ0v) is 9.54. The van der Waals surface area contributed by atoms with Gasteiger partial charge in [0.2, 0.25) is 0 Å². The molecular formula is C13H15NO2. The van der Waals surface area contributed by atoms with Crippen molar-refractivity contribution in [2.24, 2.45) is 0 Å². The monoisotopic (exact) mass is 217 g/mol. The van der Waals surface area contributed by atoms with Crippen LogP contribution in [0.3, 0.4) is 0 Å². The third-order valence-corrected chi connectivity index (χ3v) is 2.43. The third-order valence-electron chi connectivity index (χ3n) is 2.43. The van der Waals surface area contributed by atoms with Crippen molar-refractivity contribution in [2.75, 3.05) is 6.61 Å². The number of aryl methyl sites for hydroxylation is 1. The van der Waals surface area contributed by atoms with E-state index in [2.05, 4.69) is 4.98 Å². The quantitative estimate of drug-likeness (QED) is 0.803. The van der Waals surface area contributed by atoms with Gasteiger partial charge in [0.1, 0.15) is 5.69 Å². The molecule has 0 amide bonds. The molecule has 0 unspecified atom stereocenters. The van der Waals surface area contributed by atoms with Crippen molar-refractivity contribution in [1.82, 2.24) is 4.98 Å². The van der Waals surface area contributed by atoms with Crippen LogP contribution in [0.1, 0.15) is 29.4 Å². The summed E-state index contributed by atoms with van der Waals surface area (Å²) < 4.78 is 5.07. The number of nitrogens with one attached hydrogen (secondary N) is 1. The molecule has 0 fully saturated rings. The molecule has 3 nitrogen and oxygen atoms in total. The predicted octanol–water partition coefficient (Wildman–Crippen LogP) is 3.04. The van der Waals surface area contributed by atoms with Crippen LogP contribution in [0.15, 0.2) is 24.3 Å². The highest BCUT2D eigenvalue weighted by Gasteiger charge is 2.10. The molecule has 0 atom stereocenters. The summed E-state index contributed by atoms with van der Waals surface area (Å²) in [4.78, 5) is 14.7. The van der Waals surface area contributed by atoms with Crippen LogP contribution >= 0.6 is 0 Å². The number of carbonyl (C=O) groups is 1. The standard InChI is InChI=1S/C13H15NO2/c1-3-6-16-13(15)12-8-10-7-9(2)4-5-11(10)14-12/h4-5,7-8,14H,3,6H2,1-2H3. The van der Waals surface area contributed by atoms with E-state index >= 15 is 0 Å². The molecular weight excluding hydrogens is 202 g/mol. The van der Waals surface area contributed by atoms with Gasteiger partial charge >= 0.3 is 5.97 Å². The second-order valence-electron chi connectivity index (χ2n) is 3.91. The average Bonchev–Trinajstić information content (AvgIpc) is 2.68. The number of hydrogen-bond acceptors (Lipinski definition) is 2. The molecule has 0 spiro atoms. The van der Waals surface area contributed by atoms with Crippen LogP contribution in [-0.2, 0) is 4.74 Å². The summed E-state index contributed by atoms with van der Waals surface area (Å²) in [5.41, 5.74) is 2.67. The van der Waals surface area contributed by atoms with Crippen LogP contribution in [0.5, 0.6) is 0 Å². The van der Waals surface area contributed by atoms with Gasteiger partial charge in [-0.3, -0.25) is 0 Å². The Labute approximate surface area is 94.4 Å². The van der Waals surface area contributed by atoms with Crippen molar-refractivity contribution in [3.8, 4) is 0 Å². The van der Waals surface area contributed by atoms with Gasteiger partial charge < -0.3 is 9.72 Å². The van der Waals surface area contributed by atoms with E-state index in [9.17, 15) is 4.79 Å². The Kier molecular flexibility index (Phi) is 2.95. The topological polar surface area (TPSA) is 42.1 Å². The van der Waals surface area contributed by atoms with Gasteiger partial charge in [-0.05, 0) is 31.5 Å². The summed E-state index contributed by atoms with van der Waals surface area (Å²) in [6, 6.07) is 7.87. The Bertz CT molecular complexity index is 514. The summed E-state index contributed by atoms with van der Waals surface area (Å²) in [6.45, 7) is 4.47. The molecule has 84 valence electrons. The summed E-state index contributed by atoms with van der Waals surface area (Å²) in [7, 11) is 0. The maximum Gasteiger partial charge on any atom is 0.354 e. The van der Waals surface area contributed by atoms with Crippen molar-refractivity contribution in [1.29, 1.82) is 0 Å². The van der Waals surface area contributed by atoms with E-state index in [0.717, 1.165) is 17.3 Å². The number of ether oxygens (including phenoxy) is 1. The largest absolute Gasteiger partial charge is 0.461 e. The smallest absolute Gasteiger partial charge is 0.354 e. The molecule has 0 aliphatic carbocycles. The van der Waals surface area contributed by atoms with Crippen LogP contribution in [0, 0.1) is 6.92 Å². The molecule has 2 rings (SSSR count). The van der Waals surface area contributed by atoms with Crippen LogP contribution in [0.4, 0.5) is 0 Å². The van der Waals surface area contributed by atoms with Crippen molar-refractivity contribution >= 4 is 16.9 Å². The average molecular weight is 217 g/mol. The minimum atomic E-state index is -0.282. The van der Waals surface area contributed by atoms with Crippen molar-refractivity contribution in [2.45, 2.75) is 20.3 Å². The number of aromatic nitrogens is 1.